The van der Waals surface area contributed by atoms with Gasteiger partial charge < -0.3 is 9.47 Å². The number of hydrogen-bond acceptors (Lipinski definition) is 6. The predicted octanol–water partition coefficient (Wildman–Crippen LogP) is 2.18. The Morgan fingerprint density at radius 1 is 1.08 bits per heavy atom. The first-order valence-electron chi connectivity index (χ1n) is 6.56. The molecule has 7 nitrogen and oxygen atoms in total. The second-order valence-corrected chi connectivity index (χ2v) is 6.50. The molecule has 0 atom stereocenters. The van der Waals surface area contributed by atoms with E-state index in [1.54, 1.807) is 0 Å². The third kappa shape index (κ3) is 6.82. The topological polar surface area (TPSA) is 107 Å². The Morgan fingerprint density at radius 3 is 1.88 bits per heavy atom. The Labute approximate surface area is 143 Å². The molecule has 0 amide bonds. The number of carbonyl (C=O) groups is 2. The molecule has 0 unspecified atom stereocenters. The standard InChI is InChI=1S/C12H14F6O7S/c1-7(2)9(20)24-5-3-4-8(19)25-10(11(13,14)15,12(16,17)18)6-26(21,22)23/h1,3-6H2,2H3,(H,21,22,23). The second-order valence-electron chi connectivity index (χ2n) is 5.04. The van der Waals surface area contributed by atoms with E-state index in [0.717, 1.165) is 0 Å². The van der Waals surface area contributed by atoms with Gasteiger partial charge in [-0.2, -0.15) is 34.8 Å². The largest absolute Gasteiger partial charge is 0.462 e. The maximum Gasteiger partial charge on any atom is 0.438 e. The van der Waals surface area contributed by atoms with Crippen LogP contribution in [0.2, 0.25) is 0 Å². The molecule has 152 valence electrons. The van der Waals surface area contributed by atoms with Crippen molar-refractivity contribution >= 4 is 22.1 Å². The molecule has 0 aromatic heterocycles. The third-order valence-electron chi connectivity index (χ3n) is 2.70. The molecule has 0 aliphatic heterocycles. The van der Waals surface area contributed by atoms with Crippen LogP contribution in [-0.4, -0.2) is 55.2 Å². The zero-order valence-corrected chi connectivity index (χ0v) is 13.9. The van der Waals surface area contributed by atoms with Crippen LogP contribution in [0, 0.1) is 0 Å². The first-order chi connectivity index (χ1) is 11.4. The molecule has 0 rings (SSSR count). The van der Waals surface area contributed by atoms with Crippen molar-refractivity contribution in [2.24, 2.45) is 0 Å². The lowest BCUT2D eigenvalue weighted by atomic mass is 10.1. The van der Waals surface area contributed by atoms with E-state index >= 15 is 0 Å². The highest BCUT2D eigenvalue weighted by atomic mass is 32.2. The normalized spacial score (nSPS) is 13.2. The van der Waals surface area contributed by atoms with Gasteiger partial charge >= 0.3 is 29.9 Å². The first kappa shape index (κ1) is 24.2. The lowest BCUT2D eigenvalue weighted by molar-refractivity contribution is -0.361. The van der Waals surface area contributed by atoms with Gasteiger partial charge in [-0.05, 0) is 13.3 Å². The van der Waals surface area contributed by atoms with Gasteiger partial charge in [0.05, 0.1) is 6.61 Å². The van der Waals surface area contributed by atoms with Gasteiger partial charge in [0, 0.05) is 12.0 Å². The summed E-state index contributed by atoms with van der Waals surface area (Å²) < 4.78 is 115. The van der Waals surface area contributed by atoms with E-state index in [2.05, 4.69) is 16.1 Å². The lowest BCUT2D eigenvalue weighted by Crippen LogP contribution is -2.63. The van der Waals surface area contributed by atoms with Crippen LogP contribution >= 0.6 is 0 Å². The average molecular weight is 416 g/mol. The first-order valence-corrected chi connectivity index (χ1v) is 8.17. The van der Waals surface area contributed by atoms with Crippen LogP contribution in [0.5, 0.6) is 0 Å². The fraction of sp³-hybridized carbons (Fsp3) is 0.667. The Morgan fingerprint density at radius 2 is 1.54 bits per heavy atom. The summed E-state index contributed by atoms with van der Waals surface area (Å²) in [7, 11) is -5.84. The third-order valence-corrected chi connectivity index (χ3v) is 3.47. The molecule has 0 spiro atoms. The summed E-state index contributed by atoms with van der Waals surface area (Å²) >= 11 is 0. The average Bonchev–Trinajstić information content (AvgIpc) is 2.38. The minimum absolute atomic E-state index is 0.0334. The van der Waals surface area contributed by atoms with E-state index in [0.29, 0.717) is 0 Å². The molecule has 26 heavy (non-hydrogen) atoms. The molecule has 0 bridgehead atoms. The van der Waals surface area contributed by atoms with Gasteiger partial charge in [0.2, 0.25) is 0 Å². The van der Waals surface area contributed by atoms with Gasteiger partial charge in [-0.25, -0.2) is 4.79 Å². The van der Waals surface area contributed by atoms with Crippen molar-refractivity contribution in [2.45, 2.75) is 37.7 Å². The number of ether oxygens (including phenoxy) is 2. The number of halogens is 6. The summed E-state index contributed by atoms with van der Waals surface area (Å²) in [6, 6.07) is 0. The van der Waals surface area contributed by atoms with Crippen molar-refractivity contribution in [3.05, 3.63) is 12.2 Å². The van der Waals surface area contributed by atoms with Crippen LogP contribution < -0.4 is 0 Å². The fourth-order valence-electron chi connectivity index (χ4n) is 1.48. The molecule has 0 aliphatic carbocycles. The SMILES string of the molecule is C=C(C)C(=O)OCCCC(=O)OC(CS(=O)(=O)O)(C(F)(F)F)C(F)(F)F. The number of alkyl halides is 6. The molecule has 0 aromatic carbocycles. The number of esters is 2. The van der Waals surface area contributed by atoms with Gasteiger partial charge in [0.1, 0.15) is 5.75 Å². The summed E-state index contributed by atoms with van der Waals surface area (Å²) in [4.78, 5) is 22.4. The maximum atomic E-state index is 12.9. The Kier molecular flexibility index (Phi) is 7.66. The van der Waals surface area contributed by atoms with Crippen molar-refractivity contribution in [3.8, 4) is 0 Å². The lowest BCUT2D eigenvalue weighted by Gasteiger charge is -2.35. The summed E-state index contributed by atoms with van der Waals surface area (Å²) in [5.74, 6) is -5.91. The van der Waals surface area contributed by atoms with E-state index < -0.39 is 65.2 Å². The molecule has 0 fully saturated rings. The van der Waals surface area contributed by atoms with Gasteiger partial charge in [-0.15, -0.1) is 0 Å². The quantitative estimate of drug-likeness (QED) is 0.213. The minimum Gasteiger partial charge on any atom is -0.462 e. The van der Waals surface area contributed by atoms with Crippen LogP contribution in [0.25, 0.3) is 0 Å². The highest BCUT2D eigenvalue weighted by molar-refractivity contribution is 7.85. The molecule has 0 aromatic rings. The monoisotopic (exact) mass is 416 g/mol. The van der Waals surface area contributed by atoms with E-state index in [-0.39, 0.29) is 5.57 Å². The van der Waals surface area contributed by atoms with Gasteiger partial charge in [-0.1, -0.05) is 6.58 Å². The molecular formula is C12H14F6O7S. The van der Waals surface area contributed by atoms with Crippen LogP contribution in [-0.2, 0) is 29.2 Å². The Balaban J connectivity index is 5.28. The maximum absolute atomic E-state index is 12.9. The van der Waals surface area contributed by atoms with Crippen molar-refractivity contribution in [1.29, 1.82) is 0 Å². The number of hydrogen-bond donors (Lipinski definition) is 1. The predicted molar refractivity (Wildman–Crippen MR) is 72.4 cm³/mol. The highest BCUT2D eigenvalue weighted by Gasteiger charge is 2.75. The fourth-order valence-corrected chi connectivity index (χ4v) is 2.38. The van der Waals surface area contributed by atoms with Crippen molar-refractivity contribution in [1.82, 2.24) is 0 Å². The van der Waals surface area contributed by atoms with Crippen LogP contribution in [0.1, 0.15) is 19.8 Å². The molecule has 0 saturated carbocycles. The van der Waals surface area contributed by atoms with Gasteiger partial charge in [-0.3, -0.25) is 9.35 Å². The van der Waals surface area contributed by atoms with Crippen LogP contribution in [0.3, 0.4) is 0 Å². The van der Waals surface area contributed by atoms with E-state index in [9.17, 15) is 44.3 Å². The van der Waals surface area contributed by atoms with Gasteiger partial charge in [0.25, 0.3) is 10.1 Å². The summed E-state index contributed by atoms with van der Waals surface area (Å²) in [6.07, 6.45) is -14.3. The van der Waals surface area contributed by atoms with Crippen LogP contribution in [0.4, 0.5) is 26.3 Å². The summed E-state index contributed by atoms with van der Waals surface area (Å²) in [5.41, 5.74) is -5.48. The molecule has 0 heterocycles. The second kappa shape index (κ2) is 8.24. The molecule has 0 radical (unpaired) electrons. The summed E-state index contributed by atoms with van der Waals surface area (Å²) in [5, 5.41) is 0. The van der Waals surface area contributed by atoms with Crippen molar-refractivity contribution < 1.29 is 58.4 Å². The van der Waals surface area contributed by atoms with Crippen LogP contribution in [0.15, 0.2) is 12.2 Å². The zero-order chi connectivity index (χ0) is 21.0. The van der Waals surface area contributed by atoms with Crippen molar-refractivity contribution in [2.75, 3.05) is 12.4 Å². The summed E-state index contributed by atoms with van der Waals surface area (Å²) in [6.45, 7) is 3.94. The zero-order valence-electron chi connectivity index (χ0n) is 13.1. The molecular weight excluding hydrogens is 402 g/mol. The minimum atomic E-state index is -6.39. The van der Waals surface area contributed by atoms with E-state index in [1.807, 2.05) is 0 Å². The van der Waals surface area contributed by atoms with E-state index in [4.69, 9.17) is 4.55 Å². The van der Waals surface area contributed by atoms with Crippen molar-refractivity contribution in [3.63, 3.8) is 0 Å². The Hall–Kier alpha value is -1.83. The molecule has 0 saturated heterocycles. The van der Waals surface area contributed by atoms with Gasteiger partial charge in [0.15, 0.2) is 0 Å². The number of rotatable bonds is 8. The molecule has 0 aliphatic rings. The molecule has 1 N–H and O–H groups in total. The van der Waals surface area contributed by atoms with E-state index in [1.165, 1.54) is 6.92 Å². The molecule has 14 heteroatoms. The smallest absolute Gasteiger partial charge is 0.438 e. The Bertz CT molecular complexity index is 636. The number of carbonyl (C=O) groups excluding carboxylic acids is 2. The highest BCUT2D eigenvalue weighted by Crippen LogP contribution is 2.47.